The zero-order valence-electron chi connectivity index (χ0n) is 17.7. The van der Waals surface area contributed by atoms with Crippen LogP contribution in [0.15, 0.2) is 66.7 Å². The van der Waals surface area contributed by atoms with E-state index in [1.807, 2.05) is 36.4 Å². The lowest BCUT2D eigenvalue weighted by molar-refractivity contribution is -0.130. The fourth-order valence-electron chi connectivity index (χ4n) is 3.44. The van der Waals surface area contributed by atoms with Crippen molar-refractivity contribution >= 4 is 40.2 Å². The van der Waals surface area contributed by atoms with E-state index in [0.29, 0.717) is 10.6 Å². The summed E-state index contributed by atoms with van der Waals surface area (Å²) < 4.78 is 5.12. The highest BCUT2D eigenvalue weighted by atomic mass is 32.1. The maximum atomic E-state index is 12.8. The normalized spacial score (nSPS) is 15.3. The number of hydrogen-bond donors (Lipinski definition) is 2. The number of anilines is 1. The first-order chi connectivity index (χ1) is 16.0. The lowest BCUT2D eigenvalue weighted by Crippen LogP contribution is -2.38. The molecular formula is C24H21N3O5S. The Balaban J connectivity index is 1.52. The maximum Gasteiger partial charge on any atom is 0.341 e. The van der Waals surface area contributed by atoms with Crippen LogP contribution in [0, 0.1) is 0 Å². The molecule has 4 amide bonds. The van der Waals surface area contributed by atoms with E-state index < -0.39 is 36.4 Å². The van der Waals surface area contributed by atoms with Gasteiger partial charge in [-0.25, -0.2) is 9.59 Å². The molecule has 1 aliphatic rings. The van der Waals surface area contributed by atoms with E-state index in [1.165, 1.54) is 11.3 Å². The number of carbonyl (C=O) groups is 4. The second kappa shape index (κ2) is 9.66. The highest BCUT2D eigenvalue weighted by molar-refractivity contribution is 7.20. The third kappa shape index (κ3) is 4.78. The number of carbonyl (C=O) groups excluding carboxylic acids is 4. The second-order valence-electron chi connectivity index (χ2n) is 7.21. The minimum atomic E-state index is -0.840. The number of benzene rings is 2. The van der Waals surface area contributed by atoms with Crippen molar-refractivity contribution in [3.05, 3.63) is 77.9 Å². The van der Waals surface area contributed by atoms with Gasteiger partial charge in [0.05, 0.1) is 12.2 Å². The number of amides is 4. The summed E-state index contributed by atoms with van der Waals surface area (Å²) in [5.74, 6) is -1.67. The third-order valence-corrected chi connectivity index (χ3v) is 6.10. The smallest absolute Gasteiger partial charge is 0.341 e. The Labute approximate surface area is 194 Å². The van der Waals surface area contributed by atoms with Gasteiger partial charge in [0.2, 0.25) is 5.91 Å². The number of esters is 1. The molecule has 0 radical (unpaired) electrons. The van der Waals surface area contributed by atoms with Gasteiger partial charge < -0.3 is 15.4 Å². The first-order valence-electron chi connectivity index (χ1n) is 10.3. The van der Waals surface area contributed by atoms with E-state index in [1.54, 1.807) is 37.3 Å². The first kappa shape index (κ1) is 22.2. The Morgan fingerprint density at radius 3 is 2.39 bits per heavy atom. The number of imide groups is 1. The molecule has 0 aliphatic carbocycles. The largest absolute Gasteiger partial charge is 0.462 e. The molecular weight excluding hydrogens is 442 g/mol. The van der Waals surface area contributed by atoms with Crippen molar-refractivity contribution in [3.8, 4) is 10.4 Å². The molecule has 8 nitrogen and oxygen atoms in total. The zero-order valence-corrected chi connectivity index (χ0v) is 18.6. The lowest BCUT2D eigenvalue weighted by atomic mass is 10.1. The number of nitrogens with one attached hydrogen (secondary N) is 2. The summed E-state index contributed by atoms with van der Waals surface area (Å²) in [5.41, 5.74) is 1.73. The summed E-state index contributed by atoms with van der Waals surface area (Å²) in [5, 5.41) is 5.56. The minimum absolute atomic E-state index is 0.187. The van der Waals surface area contributed by atoms with Gasteiger partial charge in [-0.15, -0.1) is 11.3 Å². The molecule has 0 spiro atoms. The minimum Gasteiger partial charge on any atom is -0.462 e. The monoisotopic (exact) mass is 463 g/mol. The lowest BCUT2D eigenvalue weighted by Gasteiger charge is -2.13. The second-order valence-corrected chi connectivity index (χ2v) is 8.26. The summed E-state index contributed by atoms with van der Waals surface area (Å²) in [4.78, 5) is 51.9. The molecule has 2 heterocycles. The summed E-state index contributed by atoms with van der Waals surface area (Å²) in [6.07, 6.45) is 0. The van der Waals surface area contributed by atoms with Crippen LogP contribution in [0.2, 0.25) is 0 Å². The molecule has 1 fully saturated rings. The first-order valence-corrected chi connectivity index (χ1v) is 11.1. The average Bonchev–Trinajstić information content (AvgIpc) is 3.37. The van der Waals surface area contributed by atoms with E-state index in [2.05, 4.69) is 10.6 Å². The van der Waals surface area contributed by atoms with Crippen LogP contribution >= 0.6 is 11.3 Å². The fourth-order valence-corrected chi connectivity index (χ4v) is 4.51. The Hall–Kier alpha value is -3.98. The van der Waals surface area contributed by atoms with Gasteiger partial charge in [-0.1, -0.05) is 60.7 Å². The standard InChI is InChI=1S/C24H21N3O5S/c1-2-32-23(30)17-13-18(15-9-5-3-6-10-15)33-21(17)25-19(28)14-27-22(29)20(26-24(27)31)16-11-7-4-8-12-16/h3-13,20H,2,14H2,1H3,(H,25,28)(H,26,31). The predicted octanol–water partition coefficient (Wildman–Crippen LogP) is 3.82. The Kier molecular flexibility index (Phi) is 6.50. The Morgan fingerprint density at radius 1 is 1.06 bits per heavy atom. The highest BCUT2D eigenvalue weighted by Gasteiger charge is 2.40. The van der Waals surface area contributed by atoms with Crippen molar-refractivity contribution < 1.29 is 23.9 Å². The van der Waals surface area contributed by atoms with Crippen molar-refractivity contribution in [1.29, 1.82) is 0 Å². The van der Waals surface area contributed by atoms with Gasteiger partial charge in [-0.2, -0.15) is 0 Å². The van der Waals surface area contributed by atoms with E-state index in [-0.39, 0.29) is 12.2 Å². The van der Waals surface area contributed by atoms with E-state index in [4.69, 9.17) is 4.74 Å². The van der Waals surface area contributed by atoms with Crippen molar-refractivity contribution in [2.45, 2.75) is 13.0 Å². The molecule has 1 aromatic heterocycles. The van der Waals surface area contributed by atoms with Crippen molar-refractivity contribution in [1.82, 2.24) is 10.2 Å². The summed E-state index contributed by atoms with van der Waals surface area (Å²) in [6.45, 7) is 1.41. The molecule has 2 N–H and O–H groups in total. The average molecular weight is 464 g/mol. The predicted molar refractivity (Wildman–Crippen MR) is 124 cm³/mol. The van der Waals surface area contributed by atoms with Crippen LogP contribution in [0.3, 0.4) is 0 Å². The number of nitrogens with zero attached hydrogens (tertiary/aromatic N) is 1. The van der Waals surface area contributed by atoms with Crippen LogP contribution in [0.1, 0.15) is 28.9 Å². The molecule has 0 saturated carbocycles. The summed E-state index contributed by atoms with van der Waals surface area (Å²) in [7, 11) is 0. The van der Waals surface area contributed by atoms with Crippen LogP contribution in [0.4, 0.5) is 9.80 Å². The van der Waals surface area contributed by atoms with Crippen LogP contribution in [-0.2, 0) is 14.3 Å². The molecule has 1 atom stereocenters. The maximum absolute atomic E-state index is 12.8. The number of urea groups is 1. The van der Waals surface area contributed by atoms with Gasteiger partial charge >= 0.3 is 12.0 Å². The van der Waals surface area contributed by atoms with Gasteiger partial charge in [-0.05, 0) is 24.1 Å². The number of thiophene rings is 1. The molecule has 0 bridgehead atoms. The topological polar surface area (TPSA) is 105 Å². The zero-order chi connectivity index (χ0) is 23.4. The Bertz CT molecular complexity index is 1190. The van der Waals surface area contributed by atoms with E-state index >= 15 is 0 Å². The molecule has 1 unspecified atom stereocenters. The number of ether oxygens (including phenoxy) is 1. The molecule has 4 rings (SSSR count). The quantitative estimate of drug-likeness (QED) is 0.409. The van der Waals surface area contributed by atoms with Gasteiger partial charge in [0.1, 0.15) is 17.6 Å². The molecule has 168 valence electrons. The molecule has 3 aromatic rings. The summed E-state index contributed by atoms with van der Waals surface area (Å²) >= 11 is 1.22. The van der Waals surface area contributed by atoms with E-state index in [9.17, 15) is 19.2 Å². The van der Waals surface area contributed by atoms with Crippen LogP contribution in [0.5, 0.6) is 0 Å². The number of hydrogen-bond acceptors (Lipinski definition) is 6. The SMILES string of the molecule is CCOC(=O)c1cc(-c2ccccc2)sc1NC(=O)CN1C(=O)NC(c2ccccc2)C1=O. The molecule has 1 aliphatic heterocycles. The van der Waals surface area contributed by atoms with E-state index in [0.717, 1.165) is 15.3 Å². The molecule has 33 heavy (non-hydrogen) atoms. The molecule has 1 saturated heterocycles. The van der Waals surface area contributed by atoms with Crippen molar-refractivity contribution in [3.63, 3.8) is 0 Å². The van der Waals surface area contributed by atoms with Crippen LogP contribution in [0.25, 0.3) is 10.4 Å². The third-order valence-electron chi connectivity index (χ3n) is 5.00. The highest BCUT2D eigenvalue weighted by Crippen LogP contribution is 2.36. The summed E-state index contributed by atoms with van der Waals surface area (Å²) in [6, 6.07) is 18.4. The van der Waals surface area contributed by atoms with Crippen molar-refractivity contribution in [2.75, 3.05) is 18.5 Å². The van der Waals surface area contributed by atoms with Crippen molar-refractivity contribution in [2.24, 2.45) is 0 Å². The van der Waals surface area contributed by atoms with Crippen LogP contribution in [-0.4, -0.2) is 41.9 Å². The van der Waals surface area contributed by atoms with Gasteiger partial charge in [0, 0.05) is 4.88 Å². The number of rotatable bonds is 7. The Morgan fingerprint density at radius 2 is 1.73 bits per heavy atom. The molecule has 2 aromatic carbocycles. The van der Waals surface area contributed by atoms with Crippen LogP contribution < -0.4 is 10.6 Å². The van der Waals surface area contributed by atoms with Gasteiger partial charge in [0.15, 0.2) is 0 Å². The fraction of sp³-hybridized carbons (Fsp3) is 0.167. The van der Waals surface area contributed by atoms with Gasteiger partial charge in [-0.3, -0.25) is 14.5 Å². The van der Waals surface area contributed by atoms with Gasteiger partial charge in [0.25, 0.3) is 5.91 Å². The molecule has 9 heteroatoms.